The van der Waals surface area contributed by atoms with Gasteiger partial charge >= 0.3 is 0 Å². The first kappa shape index (κ1) is 10.6. The van der Waals surface area contributed by atoms with Gasteiger partial charge in [0.05, 0.1) is 12.0 Å². The van der Waals surface area contributed by atoms with Crippen LogP contribution in [0.25, 0.3) is 0 Å². The van der Waals surface area contributed by atoms with Gasteiger partial charge in [0, 0.05) is 32.5 Å². The quantitative estimate of drug-likeness (QED) is 0.814. The summed E-state index contributed by atoms with van der Waals surface area (Å²) in [4.78, 5) is 4.09. The molecule has 0 aromatic carbocycles. The molecule has 2 rings (SSSR count). The number of nitrogens with two attached hydrogens (primary N) is 1. The van der Waals surface area contributed by atoms with Crippen molar-refractivity contribution in [3.63, 3.8) is 0 Å². The Bertz CT molecular complexity index is 305. The minimum Gasteiger partial charge on any atom is -0.381 e. The number of hydrogen-bond acceptors (Lipinski definition) is 3. The molecule has 1 aromatic heterocycles. The Hall–Kier alpha value is -0.870. The van der Waals surface area contributed by atoms with E-state index in [9.17, 15) is 0 Å². The van der Waals surface area contributed by atoms with Crippen LogP contribution in [0.3, 0.4) is 0 Å². The maximum atomic E-state index is 6.17. The summed E-state index contributed by atoms with van der Waals surface area (Å²) < 4.78 is 7.34. The van der Waals surface area contributed by atoms with Crippen LogP contribution >= 0.6 is 0 Å². The molecule has 84 valence electrons. The molecule has 0 radical (unpaired) electrons. The summed E-state index contributed by atoms with van der Waals surface area (Å²) >= 11 is 0. The van der Waals surface area contributed by atoms with Gasteiger partial charge in [-0.15, -0.1) is 0 Å². The predicted molar refractivity (Wildman–Crippen MR) is 58.3 cm³/mol. The van der Waals surface area contributed by atoms with Gasteiger partial charge in [-0.25, -0.2) is 4.98 Å². The van der Waals surface area contributed by atoms with Crippen LogP contribution < -0.4 is 5.73 Å². The molecule has 1 aromatic rings. The van der Waals surface area contributed by atoms with Crippen molar-refractivity contribution in [2.75, 3.05) is 13.2 Å². The maximum Gasteiger partial charge on any atom is 0.0946 e. The zero-order valence-corrected chi connectivity index (χ0v) is 9.22. The Morgan fingerprint density at radius 3 is 2.93 bits per heavy atom. The van der Waals surface area contributed by atoms with Gasteiger partial charge < -0.3 is 15.0 Å². The normalized spacial score (nSPS) is 20.4. The number of ether oxygens (including phenoxy) is 1. The Morgan fingerprint density at radius 2 is 2.33 bits per heavy atom. The SMILES string of the molecule is Cn1cncc1C(N)CC1CCOCC1. The lowest BCUT2D eigenvalue weighted by atomic mass is 9.92. The number of imidazole rings is 1. The van der Waals surface area contributed by atoms with Gasteiger partial charge in [-0.05, 0) is 25.2 Å². The fourth-order valence-electron chi connectivity index (χ4n) is 2.19. The maximum absolute atomic E-state index is 6.17. The summed E-state index contributed by atoms with van der Waals surface area (Å²) in [5, 5.41) is 0. The van der Waals surface area contributed by atoms with Crippen molar-refractivity contribution in [1.29, 1.82) is 0 Å². The number of nitrogens with zero attached hydrogens (tertiary/aromatic N) is 2. The van der Waals surface area contributed by atoms with Crippen molar-refractivity contribution in [3.05, 3.63) is 18.2 Å². The first-order valence-electron chi connectivity index (χ1n) is 5.57. The number of aryl methyl sites for hydroxylation is 1. The molecule has 1 unspecified atom stereocenters. The molecule has 0 bridgehead atoms. The number of rotatable bonds is 3. The van der Waals surface area contributed by atoms with Crippen molar-refractivity contribution in [3.8, 4) is 0 Å². The first-order valence-corrected chi connectivity index (χ1v) is 5.57. The summed E-state index contributed by atoms with van der Waals surface area (Å²) in [6, 6.07) is 0.112. The second-order valence-electron chi connectivity index (χ2n) is 4.33. The highest BCUT2D eigenvalue weighted by atomic mass is 16.5. The largest absolute Gasteiger partial charge is 0.381 e. The average molecular weight is 209 g/mol. The van der Waals surface area contributed by atoms with Crippen molar-refractivity contribution in [1.82, 2.24) is 9.55 Å². The van der Waals surface area contributed by atoms with Crippen molar-refractivity contribution in [2.45, 2.75) is 25.3 Å². The zero-order chi connectivity index (χ0) is 10.7. The minimum atomic E-state index is 0.112. The molecular formula is C11H19N3O. The van der Waals surface area contributed by atoms with E-state index in [4.69, 9.17) is 10.5 Å². The monoisotopic (exact) mass is 209 g/mol. The molecule has 15 heavy (non-hydrogen) atoms. The van der Waals surface area contributed by atoms with Crippen LogP contribution in [0, 0.1) is 5.92 Å². The molecule has 1 saturated heterocycles. The fraction of sp³-hybridized carbons (Fsp3) is 0.727. The van der Waals surface area contributed by atoms with Crippen LogP contribution in [-0.2, 0) is 11.8 Å². The molecule has 0 amide bonds. The lowest BCUT2D eigenvalue weighted by Gasteiger charge is -2.24. The Morgan fingerprint density at radius 1 is 1.60 bits per heavy atom. The van der Waals surface area contributed by atoms with Gasteiger partial charge in [0.15, 0.2) is 0 Å². The molecule has 1 aliphatic rings. The van der Waals surface area contributed by atoms with Gasteiger partial charge in [0.2, 0.25) is 0 Å². The molecule has 4 nitrogen and oxygen atoms in total. The lowest BCUT2D eigenvalue weighted by molar-refractivity contribution is 0.0616. The average Bonchev–Trinajstić information content (AvgIpc) is 2.66. The van der Waals surface area contributed by atoms with E-state index in [-0.39, 0.29) is 6.04 Å². The summed E-state index contributed by atoms with van der Waals surface area (Å²) in [6.45, 7) is 1.78. The van der Waals surface area contributed by atoms with Crippen LogP contribution in [0.4, 0.5) is 0 Å². The Labute approximate surface area is 90.4 Å². The van der Waals surface area contributed by atoms with Crippen LogP contribution in [0.5, 0.6) is 0 Å². The highest BCUT2D eigenvalue weighted by Crippen LogP contribution is 2.25. The molecule has 0 aliphatic carbocycles. The predicted octanol–water partition coefficient (Wildman–Crippen LogP) is 1.24. The highest BCUT2D eigenvalue weighted by molar-refractivity contribution is 5.04. The topological polar surface area (TPSA) is 53.1 Å². The Balaban J connectivity index is 1.91. The summed E-state index contributed by atoms with van der Waals surface area (Å²) in [6.07, 6.45) is 7.00. The van der Waals surface area contributed by atoms with Crippen LogP contribution in [-0.4, -0.2) is 22.8 Å². The van der Waals surface area contributed by atoms with Crippen molar-refractivity contribution < 1.29 is 4.74 Å². The molecule has 2 heterocycles. The Kier molecular flexibility index (Phi) is 3.38. The van der Waals surface area contributed by atoms with E-state index >= 15 is 0 Å². The standard InChI is InChI=1S/C11H19N3O/c1-14-8-13-7-11(14)10(12)6-9-2-4-15-5-3-9/h7-10H,2-6,12H2,1H3. The van der Waals surface area contributed by atoms with Gasteiger partial charge in [0.1, 0.15) is 0 Å². The molecule has 1 aliphatic heterocycles. The van der Waals surface area contributed by atoms with E-state index in [0.29, 0.717) is 5.92 Å². The van der Waals surface area contributed by atoms with E-state index in [0.717, 1.165) is 38.2 Å². The molecule has 1 fully saturated rings. The smallest absolute Gasteiger partial charge is 0.0946 e. The van der Waals surface area contributed by atoms with Crippen molar-refractivity contribution in [2.24, 2.45) is 18.7 Å². The molecule has 0 spiro atoms. The highest BCUT2D eigenvalue weighted by Gasteiger charge is 2.19. The van der Waals surface area contributed by atoms with Gasteiger partial charge in [-0.2, -0.15) is 0 Å². The fourth-order valence-corrected chi connectivity index (χ4v) is 2.19. The van der Waals surface area contributed by atoms with Crippen LogP contribution in [0.15, 0.2) is 12.5 Å². The summed E-state index contributed by atoms with van der Waals surface area (Å²) in [5.41, 5.74) is 7.30. The number of hydrogen-bond donors (Lipinski definition) is 1. The summed E-state index contributed by atoms with van der Waals surface area (Å²) in [7, 11) is 1.99. The third kappa shape index (κ3) is 2.58. The van der Waals surface area contributed by atoms with Gasteiger partial charge in [-0.3, -0.25) is 0 Å². The molecule has 1 atom stereocenters. The minimum absolute atomic E-state index is 0.112. The van der Waals surface area contributed by atoms with E-state index < -0.39 is 0 Å². The van der Waals surface area contributed by atoms with Gasteiger partial charge in [0.25, 0.3) is 0 Å². The molecule has 0 saturated carbocycles. The summed E-state index contributed by atoms with van der Waals surface area (Å²) in [5.74, 6) is 0.712. The second-order valence-corrected chi connectivity index (χ2v) is 4.33. The van der Waals surface area contributed by atoms with Gasteiger partial charge in [-0.1, -0.05) is 0 Å². The van der Waals surface area contributed by atoms with E-state index in [2.05, 4.69) is 4.98 Å². The van der Waals surface area contributed by atoms with E-state index in [1.54, 1.807) is 6.33 Å². The van der Waals surface area contributed by atoms with E-state index in [1.165, 1.54) is 0 Å². The second kappa shape index (κ2) is 4.77. The van der Waals surface area contributed by atoms with Crippen LogP contribution in [0.2, 0.25) is 0 Å². The lowest BCUT2D eigenvalue weighted by Crippen LogP contribution is -2.22. The third-order valence-corrected chi connectivity index (χ3v) is 3.16. The van der Waals surface area contributed by atoms with E-state index in [1.807, 2.05) is 17.8 Å². The van der Waals surface area contributed by atoms with Crippen LogP contribution in [0.1, 0.15) is 31.0 Å². The molecule has 2 N–H and O–H groups in total. The van der Waals surface area contributed by atoms with Crippen molar-refractivity contribution >= 4 is 0 Å². The molecular weight excluding hydrogens is 190 g/mol. The number of aromatic nitrogens is 2. The first-order chi connectivity index (χ1) is 7.27. The zero-order valence-electron chi connectivity index (χ0n) is 9.22. The third-order valence-electron chi connectivity index (χ3n) is 3.16. The molecule has 4 heteroatoms.